The van der Waals surface area contributed by atoms with Gasteiger partial charge in [-0.3, -0.25) is 9.78 Å². The Morgan fingerprint density at radius 3 is 3.22 bits per heavy atom. The normalized spacial score (nSPS) is 24.2. The number of pyridine rings is 1. The fraction of sp³-hybridized carbons (Fsp3) is 0.385. The van der Waals surface area contributed by atoms with Gasteiger partial charge in [-0.2, -0.15) is 0 Å². The molecule has 3 rings (SSSR count). The molecule has 1 aliphatic rings. The third-order valence-electron chi connectivity index (χ3n) is 3.43. The Morgan fingerprint density at radius 1 is 1.56 bits per heavy atom. The van der Waals surface area contributed by atoms with Gasteiger partial charge in [-0.25, -0.2) is 0 Å². The predicted octanol–water partition coefficient (Wildman–Crippen LogP) is 1.95. The van der Waals surface area contributed by atoms with Crippen LogP contribution in [-0.2, 0) is 4.79 Å². The summed E-state index contributed by atoms with van der Waals surface area (Å²) in [6.07, 6.45) is 4.68. The molecule has 2 unspecified atom stereocenters. The second kappa shape index (κ2) is 4.42. The molecule has 0 aliphatic carbocycles. The van der Waals surface area contributed by atoms with Crippen LogP contribution in [0.5, 0.6) is 0 Å². The largest absolute Gasteiger partial charge is 0.481 e. The molecule has 5 nitrogen and oxygen atoms in total. The lowest BCUT2D eigenvalue weighted by atomic mass is 9.91. The van der Waals surface area contributed by atoms with Crippen molar-refractivity contribution in [2.24, 2.45) is 5.92 Å². The minimum Gasteiger partial charge on any atom is -0.481 e. The van der Waals surface area contributed by atoms with E-state index in [-0.39, 0.29) is 12.0 Å². The summed E-state index contributed by atoms with van der Waals surface area (Å²) >= 11 is 0. The topological polar surface area (TPSA) is 75.4 Å². The smallest absolute Gasteiger partial charge is 0.306 e. The van der Waals surface area contributed by atoms with Crippen molar-refractivity contribution in [3.8, 4) is 0 Å². The number of piperidine rings is 1. The number of carboxylic acid groups (broad SMARTS) is 1. The van der Waals surface area contributed by atoms with Crippen LogP contribution in [0.15, 0.2) is 28.9 Å². The number of rotatable bonds is 2. The van der Waals surface area contributed by atoms with Crippen molar-refractivity contribution in [3.05, 3.63) is 30.3 Å². The number of hydrogen-bond donors (Lipinski definition) is 2. The molecule has 2 aromatic heterocycles. The summed E-state index contributed by atoms with van der Waals surface area (Å²) in [7, 11) is 0. The van der Waals surface area contributed by atoms with Crippen LogP contribution >= 0.6 is 0 Å². The molecule has 1 aliphatic heterocycles. The summed E-state index contributed by atoms with van der Waals surface area (Å²) in [6.45, 7) is 0.705. The molecule has 2 aromatic rings. The number of nitrogens with zero attached hydrogens (tertiary/aromatic N) is 1. The highest BCUT2D eigenvalue weighted by atomic mass is 16.4. The zero-order valence-corrected chi connectivity index (χ0v) is 9.80. The Morgan fingerprint density at radius 2 is 2.44 bits per heavy atom. The molecular formula is C13H14N2O3. The van der Waals surface area contributed by atoms with E-state index in [0.717, 1.165) is 16.7 Å². The number of nitrogens with one attached hydrogen (secondary N) is 1. The lowest BCUT2D eigenvalue weighted by Gasteiger charge is -2.26. The fourth-order valence-corrected chi connectivity index (χ4v) is 2.44. The highest BCUT2D eigenvalue weighted by molar-refractivity contribution is 5.76. The molecular weight excluding hydrogens is 232 g/mol. The number of furan rings is 1. The maximum atomic E-state index is 11.0. The maximum Gasteiger partial charge on any atom is 0.306 e. The van der Waals surface area contributed by atoms with E-state index in [9.17, 15) is 4.79 Å². The van der Waals surface area contributed by atoms with E-state index in [0.29, 0.717) is 19.4 Å². The number of carbonyl (C=O) groups is 1. The number of aliphatic carboxylic acids is 1. The first-order valence-corrected chi connectivity index (χ1v) is 6.03. The Balaban J connectivity index is 1.87. The summed E-state index contributed by atoms with van der Waals surface area (Å²) in [5.74, 6) is -0.217. The average molecular weight is 246 g/mol. The van der Waals surface area contributed by atoms with E-state index in [1.807, 2.05) is 12.1 Å². The quantitative estimate of drug-likeness (QED) is 0.847. The molecule has 2 atom stereocenters. The Labute approximate surface area is 104 Å². The van der Waals surface area contributed by atoms with Crippen LogP contribution in [-0.4, -0.2) is 22.6 Å². The fourth-order valence-electron chi connectivity index (χ4n) is 2.44. The monoisotopic (exact) mass is 246 g/mol. The van der Waals surface area contributed by atoms with Crippen molar-refractivity contribution >= 4 is 16.9 Å². The van der Waals surface area contributed by atoms with Gasteiger partial charge in [0.2, 0.25) is 0 Å². The third kappa shape index (κ3) is 1.97. The second-order valence-electron chi connectivity index (χ2n) is 4.63. The van der Waals surface area contributed by atoms with Gasteiger partial charge in [-0.1, -0.05) is 0 Å². The molecule has 2 N–H and O–H groups in total. The third-order valence-corrected chi connectivity index (χ3v) is 3.43. The number of carboxylic acids is 1. The van der Waals surface area contributed by atoms with E-state index in [2.05, 4.69) is 10.3 Å². The molecule has 0 amide bonds. The van der Waals surface area contributed by atoms with Crippen LogP contribution in [0, 0.1) is 5.92 Å². The second-order valence-corrected chi connectivity index (χ2v) is 4.63. The molecule has 0 radical (unpaired) electrons. The Bertz CT molecular complexity index is 545. The van der Waals surface area contributed by atoms with Gasteiger partial charge in [0, 0.05) is 17.8 Å². The van der Waals surface area contributed by atoms with Gasteiger partial charge in [0.25, 0.3) is 0 Å². The lowest BCUT2D eigenvalue weighted by molar-refractivity contribution is -0.143. The lowest BCUT2D eigenvalue weighted by Crippen LogP contribution is -2.34. The maximum absolute atomic E-state index is 11.0. The van der Waals surface area contributed by atoms with E-state index in [1.165, 1.54) is 0 Å². The molecule has 0 spiro atoms. The number of aromatic nitrogens is 1. The van der Waals surface area contributed by atoms with Gasteiger partial charge in [0.05, 0.1) is 12.0 Å². The van der Waals surface area contributed by atoms with Crippen LogP contribution in [0.1, 0.15) is 24.6 Å². The first-order chi connectivity index (χ1) is 8.74. The minimum absolute atomic E-state index is 0.0211. The average Bonchev–Trinajstić information content (AvgIpc) is 2.82. The van der Waals surface area contributed by atoms with Gasteiger partial charge < -0.3 is 14.8 Å². The van der Waals surface area contributed by atoms with Gasteiger partial charge >= 0.3 is 5.97 Å². The molecule has 1 fully saturated rings. The zero-order valence-electron chi connectivity index (χ0n) is 9.80. The molecule has 0 bridgehead atoms. The summed E-state index contributed by atoms with van der Waals surface area (Å²) in [6, 6.07) is 3.73. The number of hydrogen-bond acceptors (Lipinski definition) is 4. The number of fused-ring (bicyclic) bond motifs is 1. The van der Waals surface area contributed by atoms with Crippen LogP contribution in [0.2, 0.25) is 0 Å². The summed E-state index contributed by atoms with van der Waals surface area (Å²) in [4.78, 5) is 15.1. The summed E-state index contributed by atoms with van der Waals surface area (Å²) in [5.41, 5.74) is 0.791. The van der Waals surface area contributed by atoms with E-state index in [1.54, 1.807) is 12.4 Å². The van der Waals surface area contributed by atoms with Crippen LogP contribution in [0.25, 0.3) is 11.0 Å². The van der Waals surface area contributed by atoms with E-state index < -0.39 is 5.97 Å². The molecule has 3 heterocycles. The van der Waals surface area contributed by atoms with E-state index >= 15 is 0 Å². The molecule has 18 heavy (non-hydrogen) atoms. The van der Waals surface area contributed by atoms with Gasteiger partial charge in [-0.05, 0) is 31.5 Å². The van der Waals surface area contributed by atoms with E-state index in [4.69, 9.17) is 9.52 Å². The molecule has 0 aromatic carbocycles. The van der Waals surface area contributed by atoms with Crippen molar-refractivity contribution in [2.45, 2.75) is 18.9 Å². The van der Waals surface area contributed by atoms with Gasteiger partial charge in [0.1, 0.15) is 11.3 Å². The van der Waals surface area contributed by atoms with Crippen molar-refractivity contribution in [2.75, 3.05) is 6.54 Å². The van der Waals surface area contributed by atoms with Crippen molar-refractivity contribution in [1.82, 2.24) is 10.3 Å². The standard InChI is InChI=1S/C13H14N2O3/c16-13(17)8-1-4-15-10(5-8)12-6-9-7-14-3-2-11(9)18-12/h2-3,6-8,10,15H,1,4-5H2,(H,16,17). The summed E-state index contributed by atoms with van der Waals surface area (Å²) < 4.78 is 5.74. The minimum atomic E-state index is -0.723. The van der Waals surface area contributed by atoms with Gasteiger partial charge in [0.15, 0.2) is 0 Å². The van der Waals surface area contributed by atoms with Crippen molar-refractivity contribution in [1.29, 1.82) is 0 Å². The first kappa shape index (κ1) is 11.2. The highest BCUT2D eigenvalue weighted by Gasteiger charge is 2.29. The zero-order chi connectivity index (χ0) is 12.5. The van der Waals surface area contributed by atoms with Crippen LogP contribution in [0.4, 0.5) is 0 Å². The van der Waals surface area contributed by atoms with Crippen molar-refractivity contribution in [3.63, 3.8) is 0 Å². The molecule has 1 saturated heterocycles. The molecule has 5 heteroatoms. The Kier molecular flexibility index (Phi) is 2.76. The highest BCUT2D eigenvalue weighted by Crippen LogP contribution is 2.30. The Hall–Kier alpha value is -1.88. The van der Waals surface area contributed by atoms with Gasteiger partial charge in [-0.15, -0.1) is 0 Å². The summed E-state index contributed by atoms with van der Waals surface area (Å²) in [5, 5.41) is 13.3. The first-order valence-electron chi connectivity index (χ1n) is 6.03. The molecule has 94 valence electrons. The van der Waals surface area contributed by atoms with Crippen molar-refractivity contribution < 1.29 is 14.3 Å². The molecule has 0 saturated carbocycles. The SMILES string of the molecule is O=C(O)C1CCNC(c2cc3cnccc3o2)C1. The predicted molar refractivity (Wildman–Crippen MR) is 65.1 cm³/mol. The van der Waals surface area contributed by atoms with Crippen LogP contribution < -0.4 is 5.32 Å². The van der Waals surface area contributed by atoms with Crippen LogP contribution in [0.3, 0.4) is 0 Å².